The molecule has 0 aromatic heterocycles. The van der Waals surface area contributed by atoms with E-state index in [1.54, 1.807) is 0 Å². The van der Waals surface area contributed by atoms with Crippen LogP contribution in [0.15, 0.2) is 11.1 Å². The molecule has 3 nitrogen and oxygen atoms in total. The van der Waals surface area contributed by atoms with Crippen molar-refractivity contribution in [2.45, 2.75) is 20.3 Å². The van der Waals surface area contributed by atoms with Crippen LogP contribution < -0.4 is 0 Å². The van der Waals surface area contributed by atoms with Gasteiger partial charge in [-0.25, -0.2) is 0 Å². The van der Waals surface area contributed by atoms with Crippen molar-refractivity contribution < 1.29 is 14.3 Å². The zero-order chi connectivity index (χ0) is 8.97. The van der Waals surface area contributed by atoms with Crippen molar-refractivity contribution in [3.05, 3.63) is 11.1 Å². The molecule has 1 rings (SSSR count). The van der Waals surface area contributed by atoms with Gasteiger partial charge in [0.05, 0.1) is 13.2 Å². The smallest absolute Gasteiger partial charge is 0.302 e. The molecule has 0 unspecified atom stereocenters. The molecule has 0 aliphatic carbocycles. The minimum absolute atomic E-state index is 0.235. The van der Waals surface area contributed by atoms with Crippen LogP contribution in [0.1, 0.15) is 20.3 Å². The SMILES string of the molecule is CC(=O)OCC1=C(C)CCOC1. The number of carbonyl (C=O) groups excluding carboxylic acids is 1. The largest absolute Gasteiger partial charge is 0.461 e. The lowest BCUT2D eigenvalue weighted by Crippen LogP contribution is -2.15. The molecule has 0 saturated heterocycles. The molecule has 12 heavy (non-hydrogen) atoms. The highest BCUT2D eigenvalue weighted by Crippen LogP contribution is 2.14. The average molecular weight is 170 g/mol. The first-order chi connectivity index (χ1) is 5.70. The van der Waals surface area contributed by atoms with Crippen molar-refractivity contribution in [1.29, 1.82) is 0 Å². The summed E-state index contributed by atoms with van der Waals surface area (Å²) in [7, 11) is 0. The standard InChI is InChI=1S/C9H14O3/c1-7-3-4-11-5-9(7)6-12-8(2)10/h3-6H2,1-2H3. The summed E-state index contributed by atoms with van der Waals surface area (Å²) in [5.41, 5.74) is 2.40. The van der Waals surface area contributed by atoms with Gasteiger partial charge in [-0.3, -0.25) is 4.79 Å². The zero-order valence-electron chi connectivity index (χ0n) is 7.55. The van der Waals surface area contributed by atoms with Crippen LogP contribution in [0.25, 0.3) is 0 Å². The van der Waals surface area contributed by atoms with Gasteiger partial charge in [0.2, 0.25) is 0 Å². The molecule has 0 saturated carbocycles. The lowest BCUT2D eigenvalue weighted by atomic mass is 10.1. The Morgan fingerprint density at radius 1 is 1.67 bits per heavy atom. The minimum Gasteiger partial charge on any atom is -0.461 e. The van der Waals surface area contributed by atoms with E-state index in [4.69, 9.17) is 9.47 Å². The molecule has 1 aliphatic heterocycles. The van der Waals surface area contributed by atoms with E-state index in [2.05, 4.69) is 6.92 Å². The van der Waals surface area contributed by atoms with Crippen molar-refractivity contribution in [3.8, 4) is 0 Å². The maximum Gasteiger partial charge on any atom is 0.302 e. The molecule has 0 N–H and O–H groups in total. The van der Waals surface area contributed by atoms with Gasteiger partial charge in [0.25, 0.3) is 0 Å². The predicted molar refractivity (Wildman–Crippen MR) is 44.8 cm³/mol. The fraction of sp³-hybridized carbons (Fsp3) is 0.667. The first kappa shape index (κ1) is 9.26. The van der Waals surface area contributed by atoms with Crippen LogP contribution in [0.4, 0.5) is 0 Å². The maximum atomic E-state index is 10.5. The van der Waals surface area contributed by atoms with Crippen LogP contribution in [-0.2, 0) is 14.3 Å². The average Bonchev–Trinajstić information content (AvgIpc) is 2.03. The number of esters is 1. The number of carbonyl (C=O) groups is 1. The van der Waals surface area contributed by atoms with Crippen molar-refractivity contribution in [1.82, 2.24) is 0 Å². The lowest BCUT2D eigenvalue weighted by molar-refractivity contribution is -0.140. The Labute approximate surface area is 72.4 Å². The summed E-state index contributed by atoms with van der Waals surface area (Å²) in [6.45, 7) is 5.26. The van der Waals surface area contributed by atoms with E-state index in [0.29, 0.717) is 13.2 Å². The normalized spacial score (nSPS) is 17.8. The first-order valence-corrected chi connectivity index (χ1v) is 4.08. The second-order valence-electron chi connectivity index (χ2n) is 2.97. The Hall–Kier alpha value is -0.830. The third-order valence-corrected chi connectivity index (χ3v) is 1.95. The van der Waals surface area contributed by atoms with Crippen LogP contribution in [0.5, 0.6) is 0 Å². The first-order valence-electron chi connectivity index (χ1n) is 4.08. The lowest BCUT2D eigenvalue weighted by Gasteiger charge is -2.17. The molecule has 0 bridgehead atoms. The highest BCUT2D eigenvalue weighted by atomic mass is 16.5. The van der Waals surface area contributed by atoms with E-state index in [0.717, 1.165) is 18.6 Å². The second kappa shape index (κ2) is 4.26. The quantitative estimate of drug-likeness (QED) is 0.462. The molecule has 0 amide bonds. The van der Waals surface area contributed by atoms with Gasteiger partial charge in [0.15, 0.2) is 0 Å². The molecular weight excluding hydrogens is 156 g/mol. The third kappa shape index (κ3) is 2.66. The van der Waals surface area contributed by atoms with E-state index in [-0.39, 0.29) is 5.97 Å². The summed E-state index contributed by atoms with van der Waals surface area (Å²) in [4.78, 5) is 10.5. The molecule has 0 spiro atoms. The van der Waals surface area contributed by atoms with Crippen LogP contribution in [0, 0.1) is 0 Å². The number of ether oxygens (including phenoxy) is 2. The van der Waals surface area contributed by atoms with Gasteiger partial charge in [0.1, 0.15) is 6.61 Å². The van der Waals surface area contributed by atoms with Gasteiger partial charge in [-0.1, -0.05) is 5.57 Å². The molecule has 1 aliphatic rings. The molecule has 0 atom stereocenters. The summed E-state index contributed by atoms with van der Waals surface area (Å²) in [6, 6.07) is 0. The van der Waals surface area contributed by atoms with Crippen molar-refractivity contribution in [3.63, 3.8) is 0 Å². The summed E-state index contributed by atoms with van der Waals surface area (Å²) < 4.78 is 10.1. The Bertz CT molecular complexity index is 206. The van der Waals surface area contributed by atoms with Gasteiger partial charge in [-0.05, 0) is 18.9 Å². The number of hydrogen-bond acceptors (Lipinski definition) is 3. The molecule has 0 aromatic rings. The second-order valence-corrected chi connectivity index (χ2v) is 2.97. The topological polar surface area (TPSA) is 35.5 Å². The monoisotopic (exact) mass is 170 g/mol. The Kier molecular flexibility index (Phi) is 3.29. The van der Waals surface area contributed by atoms with E-state index in [1.807, 2.05) is 0 Å². The molecular formula is C9H14O3. The molecule has 1 heterocycles. The van der Waals surface area contributed by atoms with Crippen LogP contribution in [0.2, 0.25) is 0 Å². The van der Waals surface area contributed by atoms with E-state index >= 15 is 0 Å². The van der Waals surface area contributed by atoms with Gasteiger partial charge >= 0.3 is 5.97 Å². The number of hydrogen-bond donors (Lipinski definition) is 0. The van der Waals surface area contributed by atoms with Gasteiger partial charge in [-0.15, -0.1) is 0 Å². The van der Waals surface area contributed by atoms with Crippen molar-refractivity contribution in [2.24, 2.45) is 0 Å². The molecule has 0 fully saturated rings. The number of rotatable bonds is 2. The molecule has 3 heteroatoms. The van der Waals surface area contributed by atoms with Gasteiger partial charge < -0.3 is 9.47 Å². The van der Waals surface area contributed by atoms with Crippen LogP contribution in [0.3, 0.4) is 0 Å². The van der Waals surface area contributed by atoms with E-state index < -0.39 is 0 Å². The van der Waals surface area contributed by atoms with Gasteiger partial charge in [0, 0.05) is 6.92 Å². The van der Waals surface area contributed by atoms with Crippen LogP contribution in [-0.4, -0.2) is 25.8 Å². The summed E-state index contributed by atoms with van der Waals surface area (Å²) in [5, 5.41) is 0. The Morgan fingerprint density at radius 2 is 2.42 bits per heavy atom. The molecule has 0 aromatic carbocycles. The fourth-order valence-electron chi connectivity index (χ4n) is 1.07. The van der Waals surface area contributed by atoms with Crippen LogP contribution >= 0.6 is 0 Å². The van der Waals surface area contributed by atoms with E-state index in [1.165, 1.54) is 12.5 Å². The minimum atomic E-state index is -0.235. The van der Waals surface area contributed by atoms with Gasteiger partial charge in [-0.2, -0.15) is 0 Å². The summed E-state index contributed by atoms with van der Waals surface area (Å²) in [5.74, 6) is -0.235. The fourth-order valence-corrected chi connectivity index (χ4v) is 1.07. The predicted octanol–water partition coefficient (Wildman–Crippen LogP) is 1.29. The maximum absolute atomic E-state index is 10.5. The summed E-state index contributed by atoms with van der Waals surface area (Å²) >= 11 is 0. The van der Waals surface area contributed by atoms with Crippen molar-refractivity contribution >= 4 is 5.97 Å². The van der Waals surface area contributed by atoms with Crippen molar-refractivity contribution in [2.75, 3.05) is 19.8 Å². The van der Waals surface area contributed by atoms with E-state index in [9.17, 15) is 4.79 Å². The summed E-state index contributed by atoms with van der Waals surface area (Å²) in [6.07, 6.45) is 0.955. The molecule has 68 valence electrons. The molecule has 0 radical (unpaired) electrons. The zero-order valence-corrected chi connectivity index (χ0v) is 7.55. The highest BCUT2D eigenvalue weighted by molar-refractivity contribution is 5.66. The Balaban J connectivity index is 2.43. The highest BCUT2D eigenvalue weighted by Gasteiger charge is 2.10. The Morgan fingerprint density at radius 3 is 3.00 bits per heavy atom. The third-order valence-electron chi connectivity index (χ3n) is 1.95.